The van der Waals surface area contributed by atoms with Gasteiger partial charge in [0, 0.05) is 23.7 Å². The number of hydrogen-bond donors (Lipinski definition) is 2. The van der Waals surface area contributed by atoms with Gasteiger partial charge < -0.3 is 15.1 Å². The molecule has 0 spiro atoms. The van der Waals surface area contributed by atoms with Crippen molar-refractivity contribution < 1.29 is 17.6 Å². The second-order valence-electron chi connectivity index (χ2n) is 7.52. The molecule has 33 heavy (non-hydrogen) atoms. The van der Waals surface area contributed by atoms with Gasteiger partial charge in [-0.3, -0.25) is 9.36 Å². The van der Waals surface area contributed by atoms with Crippen LogP contribution < -0.4 is 11.3 Å². The van der Waals surface area contributed by atoms with E-state index in [0.29, 0.717) is 5.76 Å². The Bertz CT molecular complexity index is 1470. The number of fused-ring (bicyclic) bond motifs is 1. The third-order valence-electron chi connectivity index (χ3n) is 5.44. The second kappa shape index (κ2) is 8.01. The van der Waals surface area contributed by atoms with E-state index in [1.807, 2.05) is 0 Å². The molecule has 0 unspecified atom stereocenters. The first kappa shape index (κ1) is 20.6. The third-order valence-corrected chi connectivity index (χ3v) is 5.44. The molecular weight excluding hydrogens is 433 g/mol. The minimum absolute atomic E-state index is 0.0819. The van der Waals surface area contributed by atoms with E-state index in [4.69, 9.17) is 10.2 Å². The molecule has 0 amide bonds. The van der Waals surface area contributed by atoms with Crippen LogP contribution >= 0.6 is 0 Å². The summed E-state index contributed by atoms with van der Waals surface area (Å²) in [6.07, 6.45) is 2.78. The fourth-order valence-corrected chi connectivity index (χ4v) is 3.81. The summed E-state index contributed by atoms with van der Waals surface area (Å²) in [4.78, 5) is 20.7. The van der Waals surface area contributed by atoms with Crippen LogP contribution in [-0.4, -0.2) is 14.5 Å². The SMILES string of the molecule is Nc1cccc(-c2c[nH]c(Cc3c(F)cccc3F)c3nc(Cc4ccco4)c(=O)n2-3)c1F. The highest BCUT2D eigenvalue weighted by molar-refractivity contribution is 5.67. The molecule has 0 atom stereocenters. The predicted octanol–water partition coefficient (Wildman–Crippen LogP) is 4.44. The van der Waals surface area contributed by atoms with Crippen LogP contribution in [0.2, 0.25) is 0 Å². The third kappa shape index (κ3) is 3.57. The van der Waals surface area contributed by atoms with Gasteiger partial charge in [0.1, 0.15) is 23.1 Å². The number of nitrogens with zero attached hydrogens (tertiary/aromatic N) is 2. The molecule has 2 aromatic carbocycles. The fourth-order valence-electron chi connectivity index (χ4n) is 3.81. The molecule has 0 radical (unpaired) electrons. The zero-order valence-electron chi connectivity index (χ0n) is 17.1. The first-order valence-corrected chi connectivity index (χ1v) is 10.1. The summed E-state index contributed by atoms with van der Waals surface area (Å²) in [6.45, 7) is 0. The highest BCUT2D eigenvalue weighted by Gasteiger charge is 2.25. The molecule has 3 heterocycles. The minimum Gasteiger partial charge on any atom is -0.469 e. The molecule has 3 N–H and O–H groups in total. The van der Waals surface area contributed by atoms with Crippen molar-refractivity contribution in [2.45, 2.75) is 12.8 Å². The van der Waals surface area contributed by atoms with Crippen molar-refractivity contribution in [1.82, 2.24) is 14.5 Å². The lowest BCUT2D eigenvalue weighted by Gasteiger charge is -2.15. The predicted molar refractivity (Wildman–Crippen MR) is 116 cm³/mol. The molecule has 0 saturated carbocycles. The van der Waals surface area contributed by atoms with E-state index in [1.54, 1.807) is 18.2 Å². The lowest BCUT2D eigenvalue weighted by Crippen LogP contribution is -2.20. The van der Waals surface area contributed by atoms with Crippen LogP contribution in [0, 0.1) is 17.5 Å². The first-order chi connectivity index (χ1) is 15.9. The van der Waals surface area contributed by atoms with Crippen LogP contribution in [0.25, 0.3) is 17.1 Å². The summed E-state index contributed by atoms with van der Waals surface area (Å²) in [7, 11) is 0. The zero-order chi connectivity index (χ0) is 23.1. The standard InChI is InChI=1S/C24H17F3N4O2/c25-16-6-2-7-17(26)15(16)11-19-23-30-20(10-13-4-3-9-33-13)24(32)31(23)21(12-29-19)14-5-1-8-18(28)22(14)27/h1-9,12,29H,10-11,28H2. The van der Waals surface area contributed by atoms with Crippen molar-refractivity contribution in [3.05, 3.63) is 112 Å². The Kier molecular flexibility index (Phi) is 5.01. The number of imidazole rings is 1. The maximum absolute atomic E-state index is 14.8. The second-order valence-corrected chi connectivity index (χ2v) is 7.52. The molecule has 2 aliphatic rings. The fraction of sp³-hybridized carbons (Fsp3) is 0.0833. The van der Waals surface area contributed by atoms with E-state index in [-0.39, 0.29) is 52.6 Å². The van der Waals surface area contributed by atoms with Gasteiger partial charge in [0.25, 0.3) is 5.56 Å². The maximum atomic E-state index is 14.8. The summed E-state index contributed by atoms with van der Waals surface area (Å²) < 4.78 is 50.0. The van der Waals surface area contributed by atoms with Gasteiger partial charge in [-0.25, -0.2) is 18.2 Å². The van der Waals surface area contributed by atoms with Gasteiger partial charge in [0.15, 0.2) is 11.6 Å². The molecule has 0 fully saturated rings. The summed E-state index contributed by atoms with van der Waals surface area (Å²) in [5, 5.41) is 0. The summed E-state index contributed by atoms with van der Waals surface area (Å²) in [5.41, 5.74) is 5.65. The van der Waals surface area contributed by atoms with Gasteiger partial charge in [0.05, 0.1) is 29.8 Å². The van der Waals surface area contributed by atoms with Crippen molar-refractivity contribution in [2.75, 3.05) is 5.73 Å². The molecule has 5 rings (SSSR count). The lowest BCUT2D eigenvalue weighted by atomic mass is 10.1. The van der Waals surface area contributed by atoms with Crippen molar-refractivity contribution in [2.24, 2.45) is 0 Å². The van der Waals surface area contributed by atoms with E-state index in [0.717, 1.165) is 12.1 Å². The number of aromatic nitrogens is 3. The van der Waals surface area contributed by atoms with Crippen molar-refractivity contribution in [1.29, 1.82) is 0 Å². The number of furan rings is 1. The number of anilines is 1. The Morgan fingerprint density at radius 1 is 1.00 bits per heavy atom. The quantitative estimate of drug-likeness (QED) is 0.388. The van der Waals surface area contributed by atoms with Crippen LogP contribution in [0.3, 0.4) is 0 Å². The monoisotopic (exact) mass is 450 g/mol. The van der Waals surface area contributed by atoms with Crippen LogP contribution in [-0.2, 0) is 12.8 Å². The van der Waals surface area contributed by atoms with E-state index >= 15 is 0 Å². The zero-order valence-corrected chi connectivity index (χ0v) is 17.1. The number of halogens is 3. The average molecular weight is 450 g/mol. The van der Waals surface area contributed by atoms with Crippen molar-refractivity contribution in [3.63, 3.8) is 0 Å². The molecule has 0 aliphatic carbocycles. The molecule has 1 aromatic heterocycles. The Morgan fingerprint density at radius 2 is 1.76 bits per heavy atom. The Labute approximate surface area is 185 Å². The van der Waals surface area contributed by atoms with E-state index in [1.165, 1.54) is 35.2 Å². The number of rotatable bonds is 5. The number of H-pyrrole nitrogens is 1. The number of aromatic amines is 1. The summed E-state index contributed by atoms with van der Waals surface area (Å²) >= 11 is 0. The molecule has 166 valence electrons. The van der Waals surface area contributed by atoms with Crippen molar-refractivity contribution >= 4 is 5.69 Å². The van der Waals surface area contributed by atoms with Gasteiger partial charge >= 0.3 is 0 Å². The van der Waals surface area contributed by atoms with Crippen molar-refractivity contribution in [3.8, 4) is 17.1 Å². The molecule has 6 nitrogen and oxygen atoms in total. The normalized spacial score (nSPS) is 11.4. The summed E-state index contributed by atoms with van der Waals surface area (Å²) in [5.74, 6) is -1.50. The minimum atomic E-state index is -0.725. The molecular formula is C24H17F3N4O2. The molecule has 3 aromatic rings. The van der Waals surface area contributed by atoms with Crippen LogP contribution in [0.5, 0.6) is 0 Å². The van der Waals surface area contributed by atoms with E-state index in [9.17, 15) is 18.0 Å². The van der Waals surface area contributed by atoms with Gasteiger partial charge in [-0.1, -0.05) is 12.1 Å². The summed E-state index contributed by atoms with van der Waals surface area (Å²) in [6, 6.07) is 11.4. The van der Waals surface area contributed by atoms with Crippen LogP contribution in [0.4, 0.5) is 18.9 Å². The smallest absolute Gasteiger partial charge is 0.279 e. The highest BCUT2D eigenvalue weighted by atomic mass is 19.1. The molecule has 9 heteroatoms. The molecule has 0 bridgehead atoms. The van der Waals surface area contributed by atoms with E-state index in [2.05, 4.69) is 9.97 Å². The van der Waals surface area contributed by atoms with Gasteiger partial charge in [-0.05, 0) is 36.4 Å². The average Bonchev–Trinajstić information content (AvgIpc) is 3.42. The Balaban J connectivity index is 1.72. The van der Waals surface area contributed by atoms with Crippen LogP contribution in [0.1, 0.15) is 22.7 Å². The number of nitrogens with two attached hydrogens (primary N) is 1. The molecule has 2 aliphatic heterocycles. The van der Waals surface area contributed by atoms with Crippen LogP contribution in [0.15, 0.2) is 70.2 Å². The largest absolute Gasteiger partial charge is 0.469 e. The topological polar surface area (TPSA) is 89.8 Å². The number of hydrogen-bond acceptors (Lipinski definition) is 4. The van der Waals surface area contributed by atoms with Gasteiger partial charge in [0.2, 0.25) is 0 Å². The molecule has 0 saturated heterocycles. The van der Waals surface area contributed by atoms with Gasteiger partial charge in [-0.2, -0.15) is 0 Å². The lowest BCUT2D eigenvalue weighted by molar-refractivity contribution is 0.519. The maximum Gasteiger partial charge on any atom is 0.279 e. The highest BCUT2D eigenvalue weighted by Crippen LogP contribution is 2.30. The van der Waals surface area contributed by atoms with Gasteiger partial charge in [-0.15, -0.1) is 0 Å². The number of benzene rings is 2. The first-order valence-electron chi connectivity index (χ1n) is 10.1. The Morgan fingerprint density at radius 3 is 2.48 bits per heavy atom. The van der Waals surface area contributed by atoms with E-state index < -0.39 is 23.0 Å². The Hall–Kier alpha value is -4.27. The number of nitrogens with one attached hydrogen (secondary N) is 1. The number of nitrogen functional groups attached to an aromatic ring is 1.